The van der Waals surface area contributed by atoms with Crippen LogP contribution in [0.4, 0.5) is 5.69 Å². The minimum atomic E-state index is -1.20. The van der Waals surface area contributed by atoms with Gasteiger partial charge < -0.3 is 29.6 Å². The smallest absolute Gasteiger partial charge is 0.330 e. The molecule has 0 unspecified atom stereocenters. The molecule has 0 aliphatic rings. The number of rotatable bonds is 9. The number of benzene rings is 2. The van der Waals surface area contributed by atoms with Crippen molar-refractivity contribution in [3.8, 4) is 17.2 Å². The molecule has 166 valence electrons. The third-order valence-corrected chi connectivity index (χ3v) is 4.28. The summed E-state index contributed by atoms with van der Waals surface area (Å²) in [5.41, 5.74) is -0.348. The van der Waals surface area contributed by atoms with Crippen LogP contribution in [-0.2, 0) is 14.3 Å². The van der Waals surface area contributed by atoms with Crippen LogP contribution >= 0.6 is 0 Å². The molecule has 0 spiro atoms. The van der Waals surface area contributed by atoms with Gasteiger partial charge in [0.2, 0.25) is 0 Å². The van der Waals surface area contributed by atoms with Crippen LogP contribution in [0.1, 0.15) is 24.2 Å². The molecule has 0 aromatic heterocycles. The van der Waals surface area contributed by atoms with Gasteiger partial charge in [-0.25, -0.2) is 4.79 Å². The Hall–Kier alpha value is -3.75. The van der Waals surface area contributed by atoms with Crippen molar-refractivity contribution in [3.05, 3.63) is 48.0 Å². The minimum Gasteiger partial charge on any atom is -0.497 e. The highest BCUT2D eigenvalue weighted by Crippen LogP contribution is 2.28. The molecule has 0 atom stereocenters. The average Bonchev–Trinajstić information content (AvgIpc) is 2.77. The number of carbonyl (C=O) groups is 3. The lowest BCUT2D eigenvalue weighted by molar-refractivity contribution is -0.146. The zero-order valence-corrected chi connectivity index (χ0v) is 18.1. The Bertz CT molecular complexity index is 939. The molecule has 2 amide bonds. The zero-order chi connectivity index (χ0) is 23.0. The van der Waals surface area contributed by atoms with Crippen LogP contribution in [0.3, 0.4) is 0 Å². The summed E-state index contributed by atoms with van der Waals surface area (Å²) < 4.78 is 20.6. The zero-order valence-electron chi connectivity index (χ0n) is 18.1. The van der Waals surface area contributed by atoms with Crippen LogP contribution in [0.15, 0.2) is 42.5 Å². The number of carbonyl (C=O) groups excluding carboxylic acids is 3. The first kappa shape index (κ1) is 23.5. The second-order valence-corrected chi connectivity index (χ2v) is 7.00. The van der Waals surface area contributed by atoms with E-state index in [-0.39, 0.29) is 29.6 Å². The summed E-state index contributed by atoms with van der Waals surface area (Å²) in [5, 5.41) is 5.30. The van der Waals surface area contributed by atoms with Gasteiger partial charge in [0.05, 0.1) is 21.3 Å². The predicted octanol–water partition coefficient (Wildman–Crippen LogP) is 2.40. The summed E-state index contributed by atoms with van der Waals surface area (Å²) in [4.78, 5) is 36.4. The van der Waals surface area contributed by atoms with Crippen molar-refractivity contribution in [2.75, 3.05) is 33.3 Å². The Kier molecular flexibility index (Phi) is 7.84. The minimum absolute atomic E-state index is 0.254. The summed E-state index contributed by atoms with van der Waals surface area (Å²) in [6.07, 6.45) is 0. The Morgan fingerprint density at radius 3 is 2.16 bits per heavy atom. The average molecular weight is 430 g/mol. The molecule has 0 fully saturated rings. The summed E-state index contributed by atoms with van der Waals surface area (Å²) in [6.45, 7) is 2.81. The van der Waals surface area contributed by atoms with Gasteiger partial charge >= 0.3 is 5.97 Å². The number of esters is 1. The molecule has 9 nitrogen and oxygen atoms in total. The molecule has 0 heterocycles. The van der Waals surface area contributed by atoms with Gasteiger partial charge in [-0.3, -0.25) is 9.59 Å². The highest BCUT2D eigenvalue weighted by atomic mass is 16.5. The van der Waals surface area contributed by atoms with Crippen LogP contribution in [0.5, 0.6) is 17.2 Å². The maximum atomic E-state index is 12.5. The van der Waals surface area contributed by atoms with E-state index in [1.54, 1.807) is 31.4 Å². The SMILES string of the molecule is COC(=O)C(C)(C)NC(=O)c1ccc(OCC(=O)Nc2ccc(OC)cc2)c(OC)c1. The molecule has 2 aromatic rings. The van der Waals surface area contributed by atoms with Gasteiger partial charge in [-0.15, -0.1) is 0 Å². The lowest BCUT2D eigenvalue weighted by atomic mass is 10.0. The van der Waals surface area contributed by atoms with E-state index >= 15 is 0 Å². The van der Waals surface area contributed by atoms with E-state index in [9.17, 15) is 14.4 Å². The van der Waals surface area contributed by atoms with Gasteiger partial charge in [-0.05, 0) is 56.3 Å². The fourth-order valence-corrected chi connectivity index (χ4v) is 2.60. The Morgan fingerprint density at radius 2 is 1.58 bits per heavy atom. The lowest BCUT2D eigenvalue weighted by Gasteiger charge is -2.23. The monoisotopic (exact) mass is 430 g/mol. The van der Waals surface area contributed by atoms with E-state index in [2.05, 4.69) is 15.4 Å². The molecule has 0 bridgehead atoms. The molecule has 2 N–H and O–H groups in total. The quantitative estimate of drug-likeness (QED) is 0.588. The number of methoxy groups -OCH3 is 3. The van der Waals surface area contributed by atoms with Crippen molar-refractivity contribution in [1.82, 2.24) is 5.32 Å². The number of anilines is 1. The fourth-order valence-electron chi connectivity index (χ4n) is 2.60. The Morgan fingerprint density at radius 1 is 0.903 bits per heavy atom. The largest absolute Gasteiger partial charge is 0.497 e. The molecule has 2 aromatic carbocycles. The highest BCUT2D eigenvalue weighted by molar-refractivity contribution is 5.98. The van der Waals surface area contributed by atoms with Crippen molar-refractivity contribution in [1.29, 1.82) is 0 Å². The summed E-state index contributed by atoms with van der Waals surface area (Å²) in [5.74, 6) is -0.197. The molecule has 0 aliphatic carbocycles. The first-order valence-corrected chi connectivity index (χ1v) is 9.36. The number of amides is 2. The molecular formula is C22H26N2O7. The van der Waals surface area contributed by atoms with E-state index in [4.69, 9.17) is 14.2 Å². The maximum absolute atomic E-state index is 12.5. The standard InChI is InChI=1S/C22H26N2O7/c1-22(2,21(27)30-5)24-20(26)14-6-11-17(18(12-14)29-4)31-13-19(25)23-15-7-9-16(28-3)10-8-15/h6-12H,13H2,1-5H3,(H,23,25)(H,24,26). The number of ether oxygens (including phenoxy) is 4. The van der Waals surface area contributed by atoms with E-state index in [0.29, 0.717) is 11.4 Å². The van der Waals surface area contributed by atoms with Gasteiger partial charge in [-0.2, -0.15) is 0 Å². The van der Waals surface area contributed by atoms with Crippen LogP contribution in [-0.4, -0.2) is 51.3 Å². The topological polar surface area (TPSA) is 112 Å². The number of hydrogen-bond donors (Lipinski definition) is 2. The number of nitrogens with one attached hydrogen (secondary N) is 2. The van der Waals surface area contributed by atoms with Gasteiger partial charge in [0.1, 0.15) is 11.3 Å². The first-order valence-electron chi connectivity index (χ1n) is 9.36. The van der Waals surface area contributed by atoms with E-state index in [1.807, 2.05) is 0 Å². The van der Waals surface area contributed by atoms with Gasteiger partial charge in [0, 0.05) is 11.3 Å². The highest BCUT2D eigenvalue weighted by Gasteiger charge is 2.31. The van der Waals surface area contributed by atoms with Crippen molar-refractivity contribution < 1.29 is 33.3 Å². The summed E-state index contributed by atoms with van der Waals surface area (Å²) in [6, 6.07) is 11.3. The Labute approximate surface area is 180 Å². The second kappa shape index (κ2) is 10.3. The maximum Gasteiger partial charge on any atom is 0.330 e. The second-order valence-electron chi connectivity index (χ2n) is 7.00. The predicted molar refractivity (Wildman–Crippen MR) is 114 cm³/mol. The van der Waals surface area contributed by atoms with E-state index < -0.39 is 17.4 Å². The first-order chi connectivity index (χ1) is 14.7. The molecule has 0 aliphatic heterocycles. The molecule has 2 rings (SSSR count). The molecule has 0 saturated heterocycles. The summed E-state index contributed by atoms with van der Waals surface area (Å²) in [7, 11) is 4.22. The third-order valence-electron chi connectivity index (χ3n) is 4.28. The van der Waals surface area contributed by atoms with Crippen molar-refractivity contribution in [2.24, 2.45) is 0 Å². The van der Waals surface area contributed by atoms with E-state index in [1.165, 1.54) is 46.3 Å². The molecular weight excluding hydrogens is 404 g/mol. The van der Waals surface area contributed by atoms with Crippen molar-refractivity contribution in [2.45, 2.75) is 19.4 Å². The normalized spacial score (nSPS) is 10.6. The third kappa shape index (κ3) is 6.36. The molecule has 0 radical (unpaired) electrons. The van der Waals surface area contributed by atoms with Gasteiger partial charge in [-0.1, -0.05) is 0 Å². The van der Waals surface area contributed by atoms with Gasteiger partial charge in [0.15, 0.2) is 18.1 Å². The van der Waals surface area contributed by atoms with Crippen LogP contribution < -0.4 is 24.8 Å². The van der Waals surface area contributed by atoms with Crippen LogP contribution in [0.25, 0.3) is 0 Å². The Balaban J connectivity index is 2.01. The van der Waals surface area contributed by atoms with Crippen molar-refractivity contribution in [3.63, 3.8) is 0 Å². The van der Waals surface area contributed by atoms with Gasteiger partial charge in [0.25, 0.3) is 11.8 Å². The molecule has 9 heteroatoms. The number of hydrogen-bond acceptors (Lipinski definition) is 7. The van der Waals surface area contributed by atoms with Crippen LogP contribution in [0, 0.1) is 0 Å². The summed E-state index contributed by atoms with van der Waals surface area (Å²) >= 11 is 0. The lowest BCUT2D eigenvalue weighted by Crippen LogP contribution is -2.50. The molecule has 0 saturated carbocycles. The van der Waals surface area contributed by atoms with Crippen molar-refractivity contribution >= 4 is 23.5 Å². The fraction of sp³-hybridized carbons (Fsp3) is 0.318. The van der Waals surface area contributed by atoms with Crippen LogP contribution in [0.2, 0.25) is 0 Å². The van der Waals surface area contributed by atoms with E-state index in [0.717, 1.165) is 0 Å². The molecule has 31 heavy (non-hydrogen) atoms.